The van der Waals surface area contributed by atoms with Crippen molar-refractivity contribution in [2.45, 2.75) is 0 Å². The number of thiophene rings is 1. The number of nitrogens with zero attached hydrogens (tertiary/aromatic N) is 3. The quantitative estimate of drug-likeness (QED) is 0.205. The minimum atomic E-state index is 0.664. The summed E-state index contributed by atoms with van der Waals surface area (Å²) in [4.78, 5) is 10.5. The standard InChI is InChI=1S/C40H23N3OS/c1-3-12-24(13-4-1)35-39-36(29-17-8-10-21-33(29)45-39)42-40(41-35)30-19-11-18-26-27-22-23-32-34(38(27)44-37(26)30)28-16-7-9-20-31(28)43(32)25-14-5-2-6-15-25/h1-23H. The van der Waals surface area contributed by atoms with Crippen LogP contribution in [-0.2, 0) is 0 Å². The molecule has 0 aliphatic rings. The first-order chi connectivity index (χ1) is 22.3. The fourth-order valence-corrected chi connectivity index (χ4v) is 8.00. The van der Waals surface area contributed by atoms with E-state index in [0.717, 1.165) is 81.9 Å². The summed E-state index contributed by atoms with van der Waals surface area (Å²) in [6.07, 6.45) is 0. The highest BCUT2D eigenvalue weighted by molar-refractivity contribution is 7.26. The molecule has 4 heterocycles. The predicted molar refractivity (Wildman–Crippen MR) is 187 cm³/mol. The average Bonchev–Trinajstić information content (AvgIpc) is 3.78. The average molecular weight is 594 g/mol. The lowest BCUT2D eigenvalue weighted by Crippen LogP contribution is -1.93. The van der Waals surface area contributed by atoms with Gasteiger partial charge in [-0.25, -0.2) is 9.97 Å². The lowest BCUT2D eigenvalue weighted by molar-refractivity contribution is 0.673. The van der Waals surface area contributed by atoms with E-state index in [0.29, 0.717) is 5.82 Å². The van der Waals surface area contributed by atoms with Crippen LogP contribution in [0.15, 0.2) is 144 Å². The van der Waals surface area contributed by atoms with Gasteiger partial charge in [0.2, 0.25) is 0 Å². The molecule has 0 aliphatic carbocycles. The third-order valence-corrected chi connectivity index (χ3v) is 9.99. The van der Waals surface area contributed by atoms with Crippen molar-refractivity contribution in [2.75, 3.05) is 0 Å². The highest BCUT2D eigenvalue weighted by Crippen LogP contribution is 2.44. The van der Waals surface area contributed by atoms with Crippen molar-refractivity contribution in [3.8, 4) is 28.3 Å². The first kappa shape index (κ1) is 24.6. The Morgan fingerprint density at radius 3 is 2.11 bits per heavy atom. The van der Waals surface area contributed by atoms with Crippen LogP contribution in [-0.4, -0.2) is 14.5 Å². The molecule has 4 nitrogen and oxygen atoms in total. The minimum Gasteiger partial charge on any atom is -0.455 e. The Balaban J connectivity index is 1.30. The molecule has 0 fully saturated rings. The van der Waals surface area contributed by atoms with Gasteiger partial charge in [-0.2, -0.15) is 0 Å². The van der Waals surface area contributed by atoms with Crippen molar-refractivity contribution in [1.29, 1.82) is 0 Å². The van der Waals surface area contributed by atoms with Crippen LogP contribution in [0.2, 0.25) is 0 Å². The van der Waals surface area contributed by atoms with Crippen LogP contribution >= 0.6 is 11.3 Å². The van der Waals surface area contributed by atoms with Crippen LogP contribution in [0, 0.1) is 0 Å². The number of rotatable bonds is 3. The zero-order valence-corrected chi connectivity index (χ0v) is 24.8. The molecule has 0 spiro atoms. The molecule has 0 saturated heterocycles. The minimum absolute atomic E-state index is 0.664. The highest BCUT2D eigenvalue weighted by atomic mass is 32.1. The van der Waals surface area contributed by atoms with Gasteiger partial charge < -0.3 is 8.98 Å². The van der Waals surface area contributed by atoms with Crippen LogP contribution in [0.4, 0.5) is 0 Å². The molecule has 10 rings (SSSR count). The van der Waals surface area contributed by atoms with E-state index in [-0.39, 0.29) is 0 Å². The first-order valence-electron chi connectivity index (χ1n) is 15.0. The number of fused-ring (bicyclic) bond motifs is 10. The lowest BCUT2D eigenvalue weighted by Gasteiger charge is -2.07. The summed E-state index contributed by atoms with van der Waals surface area (Å²) < 4.78 is 11.6. The molecule has 0 saturated carbocycles. The Morgan fingerprint density at radius 1 is 0.533 bits per heavy atom. The summed E-state index contributed by atoms with van der Waals surface area (Å²) in [5, 5.41) is 5.56. The first-order valence-corrected chi connectivity index (χ1v) is 15.8. The van der Waals surface area contributed by atoms with Crippen LogP contribution in [0.25, 0.3) is 92.4 Å². The largest absolute Gasteiger partial charge is 0.455 e. The molecular weight excluding hydrogens is 571 g/mol. The van der Waals surface area contributed by atoms with E-state index >= 15 is 0 Å². The Morgan fingerprint density at radius 2 is 1.24 bits per heavy atom. The number of hydrogen-bond donors (Lipinski definition) is 0. The van der Waals surface area contributed by atoms with Crippen LogP contribution in [0.3, 0.4) is 0 Å². The summed E-state index contributed by atoms with van der Waals surface area (Å²) in [6.45, 7) is 0. The van der Waals surface area contributed by atoms with E-state index in [1.807, 2.05) is 6.07 Å². The molecule has 0 atom stereocenters. The molecule has 5 heteroatoms. The molecule has 0 aliphatic heterocycles. The van der Waals surface area contributed by atoms with Gasteiger partial charge in [0.05, 0.1) is 37.9 Å². The Kier molecular flexibility index (Phi) is 5.12. The number of aromatic nitrogens is 3. The van der Waals surface area contributed by atoms with Gasteiger partial charge in [0.15, 0.2) is 5.82 Å². The van der Waals surface area contributed by atoms with E-state index in [9.17, 15) is 0 Å². The monoisotopic (exact) mass is 593 g/mol. The van der Waals surface area contributed by atoms with Gasteiger partial charge in [-0.3, -0.25) is 0 Å². The fourth-order valence-electron chi connectivity index (χ4n) is 6.84. The van der Waals surface area contributed by atoms with E-state index < -0.39 is 0 Å². The molecule has 6 aromatic carbocycles. The molecule has 210 valence electrons. The summed E-state index contributed by atoms with van der Waals surface area (Å²) >= 11 is 1.75. The number of furan rings is 1. The number of para-hydroxylation sites is 3. The van der Waals surface area contributed by atoms with Crippen LogP contribution < -0.4 is 0 Å². The molecule has 0 N–H and O–H groups in total. The van der Waals surface area contributed by atoms with E-state index in [4.69, 9.17) is 14.4 Å². The van der Waals surface area contributed by atoms with Crippen molar-refractivity contribution in [2.24, 2.45) is 0 Å². The normalized spacial score (nSPS) is 12.0. The maximum atomic E-state index is 6.94. The topological polar surface area (TPSA) is 43.9 Å². The molecule has 4 aromatic heterocycles. The van der Waals surface area contributed by atoms with Gasteiger partial charge >= 0.3 is 0 Å². The third-order valence-electron chi connectivity index (χ3n) is 8.82. The summed E-state index contributed by atoms with van der Waals surface area (Å²) in [5.74, 6) is 0.664. The maximum Gasteiger partial charge on any atom is 0.164 e. The Hall–Kier alpha value is -5.78. The molecule has 0 unspecified atom stereocenters. The molecular formula is C40H23N3OS. The molecule has 45 heavy (non-hydrogen) atoms. The second kappa shape index (κ2) is 9.36. The second-order valence-electron chi connectivity index (χ2n) is 11.3. The van der Waals surface area contributed by atoms with Crippen molar-refractivity contribution in [3.63, 3.8) is 0 Å². The van der Waals surface area contributed by atoms with Gasteiger partial charge in [0.25, 0.3) is 0 Å². The Bertz CT molecular complexity index is 2760. The Labute approximate surface area is 261 Å². The second-order valence-corrected chi connectivity index (χ2v) is 12.4. The summed E-state index contributed by atoms with van der Waals surface area (Å²) in [6, 6.07) is 48.7. The summed E-state index contributed by atoms with van der Waals surface area (Å²) in [7, 11) is 0. The molecule has 0 radical (unpaired) electrons. The van der Waals surface area contributed by atoms with E-state index in [1.165, 1.54) is 4.70 Å². The van der Waals surface area contributed by atoms with Crippen molar-refractivity contribution in [1.82, 2.24) is 14.5 Å². The summed E-state index contributed by atoms with van der Waals surface area (Å²) in [5.41, 5.74) is 8.95. The van der Waals surface area contributed by atoms with Gasteiger partial charge in [-0.1, -0.05) is 97.1 Å². The maximum absolute atomic E-state index is 6.94. The van der Waals surface area contributed by atoms with Gasteiger partial charge in [0.1, 0.15) is 11.2 Å². The fraction of sp³-hybridized carbons (Fsp3) is 0. The van der Waals surface area contributed by atoms with Crippen molar-refractivity contribution in [3.05, 3.63) is 140 Å². The zero-order chi connectivity index (χ0) is 29.5. The third kappa shape index (κ3) is 3.53. The molecule has 0 bridgehead atoms. The van der Waals surface area contributed by atoms with Crippen molar-refractivity contribution >= 4 is 75.4 Å². The van der Waals surface area contributed by atoms with Crippen LogP contribution in [0.1, 0.15) is 0 Å². The van der Waals surface area contributed by atoms with Gasteiger partial charge in [-0.15, -0.1) is 11.3 Å². The highest BCUT2D eigenvalue weighted by Gasteiger charge is 2.22. The van der Waals surface area contributed by atoms with Gasteiger partial charge in [-0.05, 0) is 42.5 Å². The zero-order valence-electron chi connectivity index (χ0n) is 23.9. The van der Waals surface area contributed by atoms with Crippen LogP contribution in [0.5, 0.6) is 0 Å². The number of benzene rings is 6. The predicted octanol–water partition coefficient (Wildman–Crippen LogP) is 11.2. The van der Waals surface area contributed by atoms with Gasteiger partial charge in [0, 0.05) is 37.5 Å². The smallest absolute Gasteiger partial charge is 0.164 e. The van der Waals surface area contributed by atoms with E-state index in [1.54, 1.807) is 11.3 Å². The van der Waals surface area contributed by atoms with E-state index in [2.05, 4.69) is 138 Å². The van der Waals surface area contributed by atoms with Crippen molar-refractivity contribution < 1.29 is 4.42 Å². The molecule has 0 amide bonds. The SMILES string of the molecule is c1ccc(-c2nc(-c3cccc4c3oc3c4ccc4c3c3ccccc3n4-c3ccccc3)nc3c2sc2ccccc23)cc1. The lowest BCUT2D eigenvalue weighted by atomic mass is 10.1. The number of hydrogen-bond acceptors (Lipinski definition) is 4. The molecule has 10 aromatic rings.